The molecule has 1 aliphatic rings. The second kappa shape index (κ2) is 7.27. The number of ether oxygens (including phenoxy) is 1. The Balaban J connectivity index is 1.69. The van der Waals surface area contributed by atoms with Crippen LogP contribution in [0.1, 0.15) is 0 Å². The Morgan fingerprint density at radius 2 is 1.85 bits per heavy atom. The first kappa shape index (κ1) is 16.8. The predicted molar refractivity (Wildman–Crippen MR) is 98.2 cm³/mol. The molecule has 1 N–H and O–H groups in total. The van der Waals surface area contributed by atoms with E-state index in [4.69, 9.17) is 14.3 Å². The van der Waals surface area contributed by atoms with Crippen molar-refractivity contribution in [1.82, 2.24) is 0 Å². The molecule has 134 valence electrons. The van der Waals surface area contributed by atoms with Gasteiger partial charge >= 0.3 is 5.63 Å². The lowest BCUT2D eigenvalue weighted by Gasteiger charge is -2.28. The SMILES string of the molecule is O=c1oc2cc(N3CCOCC3)ccc2cc1-c1cc[n+](CCO)cc1. The van der Waals surface area contributed by atoms with E-state index in [1.54, 1.807) is 0 Å². The van der Waals surface area contributed by atoms with E-state index in [0.29, 0.717) is 30.9 Å². The van der Waals surface area contributed by atoms with E-state index in [-0.39, 0.29) is 12.2 Å². The van der Waals surface area contributed by atoms with Crippen molar-refractivity contribution in [2.75, 3.05) is 37.8 Å². The maximum absolute atomic E-state index is 12.5. The van der Waals surface area contributed by atoms with Gasteiger partial charge in [-0.1, -0.05) is 0 Å². The number of aromatic nitrogens is 1. The average Bonchev–Trinajstić information content (AvgIpc) is 2.69. The summed E-state index contributed by atoms with van der Waals surface area (Å²) >= 11 is 0. The van der Waals surface area contributed by atoms with Crippen molar-refractivity contribution in [3.63, 3.8) is 0 Å². The van der Waals surface area contributed by atoms with E-state index >= 15 is 0 Å². The molecule has 26 heavy (non-hydrogen) atoms. The quantitative estimate of drug-likeness (QED) is 0.570. The zero-order chi connectivity index (χ0) is 17.9. The first-order valence-electron chi connectivity index (χ1n) is 8.75. The van der Waals surface area contributed by atoms with Crippen LogP contribution in [-0.4, -0.2) is 38.0 Å². The van der Waals surface area contributed by atoms with Crippen LogP contribution in [0.15, 0.2) is 58.0 Å². The van der Waals surface area contributed by atoms with Gasteiger partial charge in [-0.3, -0.25) is 0 Å². The second-order valence-electron chi connectivity index (χ2n) is 6.32. The van der Waals surface area contributed by atoms with Crippen LogP contribution in [-0.2, 0) is 11.3 Å². The number of benzene rings is 1. The van der Waals surface area contributed by atoms with Crippen LogP contribution >= 0.6 is 0 Å². The minimum absolute atomic E-state index is 0.0770. The molecule has 1 fully saturated rings. The zero-order valence-corrected chi connectivity index (χ0v) is 14.4. The van der Waals surface area contributed by atoms with E-state index in [9.17, 15) is 4.79 Å². The van der Waals surface area contributed by atoms with Crippen LogP contribution in [0.5, 0.6) is 0 Å². The fourth-order valence-electron chi connectivity index (χ4n) is 3.22. The molecule has 0 radical (unpaired) electrons. The molecule has 1 aliphatic heterocycles. The molecule has 0 aliphatic carbocycles. The van der Waals surface area contributed by atoms with Gasteiger partial charge in [-0.25, -0.2) is 9.36 Å². The van der Waals surface area contributed by atoms with Gasteiger partial charge < -0.3 is 19.2 Å². The molecule has 0 spiro atoms. The normalized spacial score (nSPS) is 14.7. The Hall–Kier alpha value is -2.70. The summed E-state index contributed by atoms with van der Waals surface area (Å²) in [7, 11) is 0. The van der Waals surface area contributed by atoms with Crippen molar-refractivity contribution in [1.29, 1.82) is 0 Å². The molecule has 6 nitrogen and oxygen atoms in total. The standard InChI is InChI=1S/C20H21N2O4/c23-10-7-21-5-3-15(4-6-21)18-13-16-1-2-17(14-19(16)26-20(18)24)22-8-11-25-12-9-22/h1-6,13-14,23H,7-12H2/q+1. The third-order valence-corrected chi connectivity index (χ3v) is 4.66. The van der Waals surface area contributed by atoms with E-state index in [0.717, 1.165) is 29.7 Å². The monoisotopic (exact) mass is 353 g/mol. The highest BCUT2D eigenvalue weighted by Crippen LogP contribution is 2.25. The lowest BCUT2D eigenvalue weighted by Crippen LogP contribution is -2.36. The number of nitrogens with zero attached hydrogens (tertiary/aromatic N) is 2. The van der Waals surface area contributed by atoms with Crippen LogP contribution in [0.25, 0.3) is 22.1 Å². The molecule has 3 aromatic rings. The minimum Gasteiger partial charge on any atom is -0.422 e. The molecular weight excluding hydrogens is 332 g/mol. The predicted octanol–water partition coefficient (Wildman–Crippen LogP) is 1.58. The molecule has 0 saturated carbocycles. The van der Waals surface area contributed by atoms with Crippen LogP contribution < -0.4 is 15.1 Å². The zero-order valence-electron chi connectivity index (χ0n) is 14.4. The summed E-state index contributed by atoms with van der Waals surface area (Å²) in [5.74, 6) is 0. The molecule has 1 saturated heterocycles. The summed E-state index contributed by atoms with van der Waals surface area (Å²) in [6.07, 6.45) is 3.69. The van der Waals surface area contributed by atoms with E-state index in [2.05, 4.69) is 11.0 Å². The van der Waals surface area contributed by atoms with Crippen molar-refractivity contribution < 1.29 is 18.8 Å². The Bertz CT molecular complexity index is 960. The van der Waals surface area contributed by atoms with Gasteiger partial charge in [0.1, 0.15) is 12.2 Å². The average molecular weight is 353 g/mol. The highest BCUT2D eigenvalue weighted by Gasteiger charge is 2.14. The third kappa shape index (κ3) is 3.34. The maximum Gasteiger partial charge on any atom is 0.344 e. The number of aliphatic hydroxyl groups is 1. The minimum atomic E-state index is -0.350. The van der Waals surface area contributed by atoms with Gasteiger partial charge in [-0.05, 0) is 18.2 Å². The molecule has 0 unspecified atom stereocenters. The molecule has 2 aromatic heterocycles. The number of hydrogen-bond donors (Lipinski definition) is 1. The summed E-state index contributed by atoms with van der Waals surface area (Å²) in [6.45, 7) is 3.71. The molecular formula is C20H21N2O4+. The van der Waals surface area contributed by atoms with Gasteiger partial charge in [0.25, 0.3) is 0 Å². The molecule has 1 aromatic carbocycles. The van der Waals surface area contributed by atoms with Gasteiger partial charge in [-0.2, -0.15) is 0 Å². The smallest absolute Gasteiger partial charge is 0.344 e. The van der Waals surface area contributed by atoms with E-state index < -0.39 is 0 Å². The van der Waals surface area contributed by atoms with Gasteiger partial charge in [0.05, 0.1) is 18.8 Å². The number of rotatable bonds is 4. The summed E-state index contributed by atoms with van der Waals surface area (Å²) < 4.78 is 12.8. The molecule has 0 atom stereocenters. The molecule has 3 heterocycles. The Morgan fingerprint density at radius 1 is 1.08 bits per heavy atom. The van der Waals surface area contributed by atoms with Gasteiger partial charge in [0.2, 0.25) is 0 Å². The largest absolute Gasteiger partial charge is 0.422 e. The fraction of sp³-hybridized carbons (Fsp3) is 0.300. The molecule has 4 rings (SSSR count). The molecule has 0 amide bonds. The summed E-state index contributed by atoms with van der Waals surface area (Å²) in [5.41, 5.74) is 2.62. The maximum atomic E-state index is 12.5. The number of pyridine rings is 1. The number of aliphatic hydroxyl groups excluding tert-OH is 1. The van der Waals surface area contributed by atoms with Crippen molar-refractivity contribution in [2.45, 2.75) is 6.54 Å². The summed E-state index contributed by atoms with van der Waals surface area (Å²) in [6, 6.07) is 11.5. The third-order valence-electron chi connectivity index (χ3n) is 4.66. The van der Waals surface area contributed by atoms with Crippen LogP contribution in [0.2, 0.25) is 0 Å². The lowest BCUT2D eigenvalue weighted by atomic mass is 10.1. The Morgan fingerprint density at radius 3 is 2.58 bits per heavy atom. The Kier molecular flexibility index (Phi) is 4.69. The highest BCUT2D eigenvalue weighted by molar-refractivity contribution is 5.84. The van der Waals surface area contributed by atoms with Crippen molar-refractivity contribution in [3.05, 3.63) is 59.2 Å². The Labute approximate surface area is 150 Å². The summed E-state index contributed by atoms with van der Waals surface area (Å²) in [4.78, 5) is 14.7. The van der Waals surface area contributed by atoms with Gasteiger partial charge in [-0.15, -0.1) is 0 Å². The highest BCUT2D eigenvalue weighted by atomic mass is 16.5. The number of hydrogen-bond acceptors (Lipinski definition) is 5. The lowest BCUT2D eigenvalue weighted by molar-refractivity contribution is -0.698. The van der Waals surface area contributed by atoms with Crippen LogP contribution in [0.3, 0.4) is 0 Å². The van der Waals surface area contributed by atoms with Crippen molar-refractivity contribution >= 4 is 16.7 Å². The topological polar surface area (TPSA) is 66.8 Å². The molecule has 6 heteroatoms. The number of anilines is 1. The van der Waals surface area contributed by atoms with E-state index in [1.165, 1.54) is 0 Å². The second-order valence-corrected chi connectivity index (χ2v) is 6.32. The van der Waals surface area contributed by atoms with Gasteiger partial charge in [0.15, 0.2) is 18.9 Å². The van der Waals surface area contributed by atoms with Crippen LogP contribution in [0, 0.1) is 0 Å². The first-order valence-corrected chi connectivity index (χ1v) is 8.75. The number of morpholine rings is 1. The fourth-order valence-corrected chi connectivity index (χ4v) is 3.22. The van der Waals surface area contributed by atoms with Crippen molar-refractivity contribution in [2.24, 2.45) is 0 Å². The van der Waals surface area contributed by atoms with Gasteiger partial charge in [0, 0.05) is 47.9 Å². The number of fused-ring (bicyclic) bond motifs is 1. The first-order chi connectivity index (χ1) is 12.7. The van der Waals surface area contributed by atoms with Crippen LogP contribution in [0.4, 0.5) is 5.69 Å². The summed E-state index contributed by atoms with van der Waals surface area (Å²) in [5, 5.41) is 9.88. The van der Waals surface area contributed by atoms with Crippen molar-refractivity contribution in [3.8, 4) is 11.1 Å². The van der Waals surface area contributed by atoms with E-state index in [1.807, 2.05) is 47.3 Å². The molecule has 0 bridgehead atoms.